The molecule has 0 saturated carbocycles. The number of carboxylic acids is 1. The maximum absolute atomic E-state index is 12.2. The fourth-order valence-electron chi connectivity index (χ4n) is 2.13. The van der Waals surface area contributed by atoms with Crippen molar-refractivity contribution in [2.75, 3.05) is 13.2 Å². The molecule has 0 spiro atoms. The first-order valence-corrected chi connectivity index (χ1v) is 7.21. The maximum atomic E-state index is 12.2. The zero-order valence-electron chi connectivity index (χ0n) is 13.0. The average Bonchev–Trinajstić information content (AvgIpc) is 2.94. The molecule has 1 aromatic rings. The molecule has 0 unspecified atom stereocenters. The first-order valence-electron chi connectivity index (χ1n) is 7.21. The molecule has 0 atom stereocenters. The minimum atomic E-state index is -1.35. The monoisotopic (exact) mass is 321 g/mol. The molecule has 124 valence electrons. The highest BCUT2D eigenvalue weighted by molar-refractivity contribution is 5.96. The first-order chi connectivity index (χ1) is 10.7. The molecule has 0 radical (unpaired) electrons. The van der Waals surface area contributed by atoms with E-state index >= 15 is 0 Å². The second-order valence-corrected chi connectivity index (χ2v) is 5.93. The Morgan fingerprint density at radius 1 is 1.30 bits per heavy atom. The summed E-state index contributed by atoms with van der Waals surface area (Å²) < 4.78 is 10.4. The van der Waals surface area contributed by atoms with Crippen LogP contribution in [0.2, 0.25) is 0 Å². The minimum Gasteiger partial charge on any atom is -0.480 e. The zero-order chi connectivity index (χ0) is 17.1. The summed E-state index contributed by atoms with van der Waals surface area (Å²) in [5, 5.41) is 21.5. The van der Waals surface area contributed by atoms with E-state index < -0.39 is 23.0 Å². The van der Waals surface area contributed by atoms with Gasteiger partial charge in [-0.2, -0.15) is 0 Å². The molecular weight excluding hydrogens is 302 g/mol. The lowest BCUT2D eigenvalue weighted by Crippen LogP contribution is -2.57. The van der Waals surface area contributed by atoms with Gasteiger partial charge in [-0.05, 0) is 31.9 Å². The van der Waals surface area contributed by atoms with Crippen LogP contribution in [-0.2, 0) is 9.53 Å². The Morgan fingerprint density at radius 3 is 2.52 bits per heavy atom. The van der Waals surface area contributed by atoms with Gasteiger partial charge in [0.25, 0.3) is 5.91 Å². The number of carbonyl (C=O) groups is 2. The number of rotatable bonds is 3. The Bertz CT molecular complexity index is 652. The number of carboxylic acid groups (broad SMARTS) is 1. The molecule has 0 aliphatic carbocycles. The molecule has 2 rings (SSSR count). The van der Waals surface area contributed by atoms with E-state index in [0.717, 1.165) is 0 Å². The van der Waals surface area contributed by atoms with E-state index in [9.17, 15) is 19.8 Å². The molecule has 1 fully saturated rings. The van der Waals surface area contributed by atoms with Crippen LogP contribution >= 0.6 is 0 Å². The first kappa shape index (κ1) is 17.1. The van der Waals surface area contributed by atoms with E-state index in [-0.39, 0.29) is 37.6 Å². The number of hydrogen-bond donors (Lipinski definition) is 3. The normalized spacial score (nSPS) is 17.0. The van der Waals surface area contributed by atoms with E-state index in [1.54, 1.807) is 0 Å². The number of furan rings is 1. The van der Waals surface area contributed by atoms with Gasteiger partial charge < -0.3 is 24.7 Å². The summed E-state index contributed by atoms with van der Waals surface area (Å²) in [6, 6.07) is 2.91. The van der Waals surface area contributed by atoms with E-state index in [1.165, 1.54) is 26.0 Å². The Morgan fingerprint density at radius 2 is 1.96 bits per heavy atom. The van der Waals surface area contributed by atoms with Crippen molar-refractivity contribution in [1.82, 2.24) is 5.32 Å². The van der Waals surface area contributed by atoms with E-state index in [1.807, 2.05) is 0 Å². The zero-order valence-corrected chi connectivity index (χ0v) is 13.0. The topological polar surface area (TPSA) is 109 Å². The van der Waals surface area contributed by atoms with Crippen LogP contribution in [0.3, 0.4) is 0 Å². The number of nitrogens with one attached hydrogen (secondary N) is 1. The van der Waals surface area contributed by atoms with Gasteiger partial charge in [0, 0.05) is 26.1 Å². The second-order valence-electron chi connectivity index (χ2n) is 5.93. The number of hydrogen-bond acceptors (Lipinski definition) is 5. The number of amides is 1. The summed E-state index contributed by atoms with van der Waals surface area (Å²) in [5.74, 6) is 3.65. The van der Waals surface area contributed by atoms with Crippen LogP contribution in [0.4, 0.5) is 0 Å². The highest BCUT2D eigenvalue weighted by Crippen LogP contribution is 2.22. The van der Waals surface area contributed by atoms with Gasteiger partial charge in [0.05, 0.1) is 0 Å². The van der Waals surface area contributed by atoms with Gasteiger partial charge in [-0.15, -0.1) is 0 Å². The van der Waals surface area contributed by atoms with Gasteiger partial charge in [-0.1, -0.05) is 5.92 Å². The number of ether oxygens (including phenoxy) is 1. The van der Waals surface area contributed by atoms with E-state index in [4.69, 9.17) is 9.15 Å². The smallest absolute Gasteiger partial charge is 0.329 e. The number of carbonyl (C=O) groups excluding carboxylic acids is 1. The summed E-state index contributed by atoms with van der Waals surface area (Å²) in [6.45, 7) is 3.59. The molecular formula is C16H19NO6. The standard InChI is InChI=1S/C16H19NO6/c1-15(2,21)6-5-11-3-4-12(23-11)13(18)17-16(14(19)20)7-9-22-10-8-16/h3-4,21H,7-10H2,1-2H3,(H,17,18)(H,19,20). The van der Waals surface area contributed by atoms with Crippen LogP contribution in [-0.4, -0.2) is 46.4 Å². The van der Waals surface area contributed by atoms with Gasteiger partial charge in [-0.3, -0.25) is 4.79 Å². The maximum Gasteiger partial charge on any atom is 0.329 e. The molecule has 1 saturated heterocycles. The largest absolute Gasteiger partial charge is 0.480 e. The third-order valence-corrected chi connectivity index (χ3v) is 3.43. The quantitative estimate of drug-likeness (QED) is 0.709. The molecule has 2 heterocycles. The lowest BCUT2D eigenvalue weighted by molar-refractivity contribution is -0.148. The van der Waals surface area contributed by atoms with Crippen molar-refractivity contribution in [3.63, 3.8) is 0 Å². The molecule has 7 nitrogen and oxygen atoms in total. The SMILES string of the molecule is CC(C)(O)C#Cc1ccc(C(=O)NC2(C(=O)O)CCOCC2)o1. The minimum absolute atomic E-state index is 0.0304. The Hall–Kier alpha value is -2.30. The Balaban J connectivity index is 2.12. The lowest BCUT2D eigenvalue weighted by Gasteiger charge is -2.33. The highest BCUT2D eigenvalue weighted by Gasteiger charge is 2.42. The summed E-state index contributed by atoms with van der Waals surface area (Å²) >= 11 is 0. The molecule has 1 aromatic heterocycles. The van der Waals surface area contributed by atoms with Crippen LogP contribution in [0.25, 0.3) is 0 Å². The van der Waals surface area contributed by atoms with Crippen LogP contribution in [0.5, 0.6) is 0 Å². The van der Waals surface area contributed by atoms with Crippen molar-refractivity contribution >= 4 is 11.9 Å². The van der Waals surface area contributed by atoms with Gasteiger partial charge in [0.15, 0.2) is 11.5 Å². The molecule has 1 amide bonds. The van der Waals surface area contributed by atoms with Gasteiger partial charge in [0.2, 0.25) is 0 Å². The third kappa shape index (κ3) is 4.34. The Labute approximate surface area is 133 Å². The van der Waals surface area contributed by atoms with Crippen LogP contribution in [0, 0.1) is 11.8 Å². The van der Waals surface area contributed by atoms with Crippen LogP contribution in [0.1, 0.15) is 43.0 Å². The van der Waals surface area contributed by atoms with E-state index in [0.29, 0.717) is 0 Å². The van der Waals surface area contributed by atoms with Crippen LogP contribution < -0.4 is 5.32 Å². The molecule has 23 heavy (non-hydrogen) atoms. The predicted octanol–water partition coefficient (Wildman–Crippen LogP) is 0.766. The number of aliphatic carboxylic acids is 1. The summed E-state index contributed by atoms with van der Waals surface area (Å²) in [5.41, 5.74) is -2.52. The van der Waals surface area contributed by atoms with E-state index in [2.05, 4.69) is 17.2 Å². The summed E-state index contributed by atoms with van der Waals surface area (Å²) in [7, 11) is 0. The van der Waals surface area contributed by atoms with Crippen molar-refractivity contribution in [3.8, 4) is 11.8 Å². The Kier molecular flexibility index (Phi) is 4.78. The van der Waals surface area contributed by atoms with Gasteiger partial charge in [0.1, 0.15) is 11.1 Å². The fourth-order valence-corrected chi connectivity index (χ4v) is 2.13. The predicted molar refractivity (Wildman–Crippen MR) is 79.8 cm³/mol. The summed E-state index contributed by atoms with van der Waals surface area (Å²) in [4.78, 5) is 23.7. The molecule has 1 aliphatic rings. The molecule has 3 N–H and O–H groups in total. The van der Waals surface area contributed by atoms with Gasteiger partial charge >= 0.3 is 5.97 Å². The highest BCUT2D eigenvalue weighted by atomic mass is 16.5. The molecule has 1 aliphatic heterocycles. The summed E-state index contributed by atoms with van der Waals surface area (Å²) in [6.07, 6.45) is 0.389. The molecule has 0 aromatic carbocycles. The fraction of sp³-hybridized carbons (Fsp3) is 0.500. The number of aliphatic hydroxyl groups is 1. The third-order valence-electron chi connectivity index (χ3n) is 3.43. The van der Waals surface area contributed by atoms with Crippen molar-refractivity contribution in [1.29, 1.82) is 0 Å². The molecule has 0 bridgehead atoms. The van der Waals surface area contributed by atoms with Gasteiger partial charge in [-0.25, -0.2) is 4.79 Å². The lowest BCUT2D eigenvalue weighted by atomic mass is 9.90. The van der Waals surface area contributed by atoms with Crippen molar-refractivity contribution in [3.05, 3.63) is 23.7 Å². The van der Waals surface area contributed by atoms with Crippen molar-refractivity contribution < 1.29 is 29.0 Å². The van der Waals surface area contributed by atoms with Crippen molar-refractivity contribution in [2.45, 2.75) is 37.8 Å². The van der Waals surface area contributed by atoms with Crippen LogP contribution in [0.15, 0.2) is 16.5 Å². The second kappa shape index (κ2) is 6.44. The molecule has 7 heteroatoms. The average molecular weight is 321 g/mol. The van der Waals surface area contributed by atoms with Crippen molar-refractivity contribution in [2.24, 2.45) is 0 Å².